The molecular formula is C23H30O. The summed E-state index contributed by atoms with van der Waals surface area (Å²) in [5.74, 6) is 0.767. The van der Waals surface area contributed by atoms with Crippen molar-refractivity contribution in [2.45, 2.75) is 65.1 Å². The minimum atomic E-state index is 0.489. The van der Waals surface area contributed by atoms with Gasteiger partial charge in [0, 0.05) is 0 Å². The average molecular weight is 322 g/mol. The lowest BCUT2D eigenvalue weighted by Crippen LogP contribution is -2.06. The van der Waals surface area contributed by atoms with Crippen molar-refractivity contribution >= 4 is 0 Å². The van der Waals surface area contributed by atoms with Crippen molar-refractivity contribution in [2.24, 2.45) is 5.92 Å². The highest BCUT2D eigenvalue weighted by atomic mass is 16.5. The van der Waals surface area contributed by atoms with E-state index >= 15 is 0 Å². The molecule has 128 valence electrons. The largest absolute Gasteiger partial charge is 0.374 e. The first kappa shape index (κ1) is 17.2. The minimum absolute atomic E-state index is 0.489. The molecule has 0 unspecified atom stereocenters. The smallest absolute Gasteiger partial charge is 0.0720 e. The van der Waals surface area contributed by atoms with Gasteiger partial charge in [-0.15, -0.1) is 0 Å². The molecule has 0 N–H and O–H groups in total. The molecule has 3 rings (SSSR count). The van der Waals surface area contributed by atoms with Crippen molar-refractivity contribution in [3.8, 4) is 11.1 Å². The van der Waals surface area contributed by atoms with Crippen LogP contribution >= 0.6 is 0 Å². The Kier molecular flexibility index (Phi) is 6.09. The van der Waals surface area contributed by atoms with Crippen molar-refractivity contribution in [1.82, 2.24) is 0 Å². The van der Waals surface area contributed by atoms with E-state index in [0.29, 0.717) is 6.10 Å². The van der Waals surface area contributed by atoms with Crippen LogP contribution in [0.15, 0.2) is 48.5 Å². The number of aryl methyl sites for hydroxylation is 1. The maximum Gasteiger partial charge on any atom is 0.0720 e. The molecule has 1 nitrogen and oxygen atoms in total. The summed E-state index contributed by atoms with van der Waals surface area (Å²) in [6.45, 7) is 5.32. The van der Waals surface area contributed by atoms with E-state index in [1.165, 1.54) is 60.8 Å². The number of rotatable bonds is 7. The normalized spacial score (nSPS) is 15.3. The monoisotopic (exact) mass is 322 g/mol. The van der Waals surface area contributed by atoms with Gasteiger partial charge in [0.05, 0.1) is 12.7 Å². The molecule has 1 aliphatic carbocycles. The molecule has 1 heteroatoms. The van der Waals surface area contributed by atoms with Crippen LogP contribution in [0.4, 0.5) is 0 Å². The summed E-state index contributed by atoms with van der Waals surface area (Å²) in [6.07, 6.45) is 8.06. The fraction of sp³-hybridized carbons (Fsp3) is 0.478. The van der Waals surface area contributed by atoms with Crippen LogP contribution in [0.2, 0.25) is 0 Å². The van der Waals surface area contributed by atoms with Gasteiger partial charge >= 0.3 is 0 Å². The average Bonchev–Trinajstić information content (AvgIpc) is 3.13. The number of hydrogen-bond acceptors (Lipinski definition) is 1. The lowest BCUT2D eigenvalue weighted by Gasteiger charge is -2.11. The molecule has 0 bridgehead atoms. The maximum atomic E-state index is 6.00. The third-order valence-corrected chi connectivity index (χ3v) is 5.04. The fourth-order valence-corrected chi connectivity index (χ4v) is 3.38. The third-order valence-electron chi connectivity index (χ3n) is 5.04. The van der Waals surface area contributed by atoms with E-state index in [9.17, 15) is 0 Å². The summed E-state index contributed by atoms with van der Waals surface area (Å²) < 4.78 is 6.00. The zero-order chi connectivity index (χ0) is 16.8. The summed E-state index contributed by atoms with van der Waals surface area (Å²) >= 11 is 0. The summed E-state index contributed by atoms with van der Waals surface area (Å²) in [7, 11) is 0. The van der Waals surface area contributed by atoms with Crippen LogP contribution in [0, 0.1) is 5.92 Å². The van der Waals surface area contributed by atoms with E-state index < -0.39 is 0 Å². The molecule has 0 radical (unpaired) electrons. The van der Waals surface area contributed by atoms with Crippen molar-refractivity contribution in [1.29, 1.82) is 0 Å². The van der Waals surface area contributed by atoms with Crippen molar-refractivity contribution in [2.75, 3.05) is 0 Å². The predicted molar refractivity (Wildman–Crippen MR) is 102 cm³/mol. The van der Waals surface area contributed by atoms with Crippen LogP contribution in [0.1, 0.15) is 57.1 Å². The second-order valence-corrected chi connectivity index (χ2v) is 7.54. The van der Waals surface area contributed by atoms with Crippen molar-refractivity contribution < 1.29 is 4.74 Å². The number of hydrogen-bond donors (Lipinski definition) is 0. The second kappa shape index (κ2) is 8.48. The standard InChI is InChI=1S/C23H30O/c1-18(2)7-8-19-9-13-21(14-10-19)22-15-11-20(12-16-22)17-24-23-5-3-4-6-23/h9-16,18,23H,3-8,17H2,1-2H3. The van der Waals surface area contributed by atoms with Crippen molar-refractivity contribution in [3.05, 3.63) is 59.7 Å². The topological polar surface area (TPSA) is 9.23 Å². The van der Waals surface area contributed by atoms with Gasteiger partial charge in [0.2, 0.25) is 0 Å². The first-order valence-corrected chi connectivity index (χ1v) is 9.50. The Balaban J connectivity index is 1.56. The van der Waals surface area contributed by atoms with Gasteiger partial charge in [-0.1, -0.05) is 75.2 Å². The van der Waals surface area contributed by atoms with Gasteiger partial charge in [-0.25, -0.2) is 0 Å². The highest BCUT2D eigenvalue weighted by Crippen LogP contribution is 2.24. The molecule has 0 saturated heterocycles. The van der Waals surface area contributed by atoms with Gasteiger partial charge in [0.15, 0.2) is 0 Å². The Labute approximate surface area is 147 Å². The van der Waals surface area contributed by atoms with E-state index in [-0.39, 0.29) is 0 Å². The van der Waals surface area contributed by atoms with E-state index in [2.05, 4.69) is 62.4 Å². The number of ether oxygens (including phenoxy) is 1. The molecular weight excluding hydrogens is 292 g/mol. The maximum absolute atomic E-state index is 6.00. The molecule has 0 amide bonds. The van der Waals surface area contributed by atoms with E-state index in [1.807, 2.05) is 0 Å². The highest BCUT2D eigenvalue weighted by Gasteiger charge is 2.15. The van der Waals surface area contributed by atoms with Crippen LogP contribution in [0.25, 0.3) is 11.1 Å². The molecule has 2 aromatic carbocycles. The lowest BCUT2D eigenvalue weighted by atomic mass is 9.99. The molecule has 0 aliphatic heterocycles. The summed E-state index contributed by atoms with van der Waals surface area (Å²) in [4.78, 5) is 0. The van der Waals surface area contributed by atoms with E-state index in [4.69, 9.17) is 4.74 Å². The molecule has 0 aromatic heterocycles. The molecule has 0 atom stereocenters. The molecule has 24 heavy (non-hydrogen) atoms. The molecule has 1 fully saturated rings. The Morgan fingerprint density at radius 2 is 1.38 bits per heavy atom. The first-order valence-electron chi connectivity index (χ1n) is 9.50. The minimum Gasteiger partial charge on any atom is -0.374 e. The Hall–Kier alpha value is -1.60. The zero-order valence-electron chi connectivity index (χ0n) is 15.1. The third kappa shape index (κ3) is 4.95. The molecule has 0 spiro atoms. The van der Waals surface area contributed by atoms with Crippen LogP contribution in [-0.2, 0) is 17.8 Å². The van der Waals surface area contributed by atoms with Gasteiger partial charge in [-0.05, 0) is 53.9 Å². The predicted octanol–water partition coefficient (Wildman–Crippen LogP) is 6.40. The fourth-order valence-electron chi connectivity index (χ4n) is 3.38. The summed E-state index contributed by atoms with van der Waals surface area (Å²) in [5, 5.41) is 0. The Morgan fingerprint density at radius 3 is 1.92 bits per heavy atom. The van der Waals surface area contributed by atoms with Gasteiger partial charge in [0.1, 0.15) is 0 Å². The lowest BCUT2D eigenvalue weighted by molar-refractivity contribution is 0.0457. The van der Waals surface area contributed by atoms with Crippen molar-refractivity contribution in [3.63, 3.8) is 0 Å². The van der Waals surface area contributed by atoms with Crippen LogP contribution < -0.4 is 0 Å². The van der Waals surface area contributed by atoms with Gasteiger partial charge in [-0.3, -0.25) is 0 Å². The molecule has 1 saturated carbocycles. The summed E-state index contributed by atoms with van der Waals surface area (Å²) in [5.41, 5.74) is 5.30. The first-order chi connectivity index (χ1) is 11.7. The number of benzene rings is 2. The SMILES string of the molecule is CC(C)CCc1ccc(-c2ccc(COC3CCCC3)cc2)cc1. The Morgan fingerprint density at radius 1 is 0.833 bits per heavy atom. The van der Waals surface area contributed by atoms with Crippen LogP contribution in [0.3, 0.4) is 0 Å². The zero-order valence-corrected chi connectivity index (χ0v) is 15.1. The highest BCUT2D eigenvalue weighted by molar-refractivity contribution is 5.63. The van der Waals surface area contributed by atoms with Gasteiger partial charge < -0.3 is 4.74 Å². The van der Waals surface area contributed by atoms with Crippen LogP contribution in [0.5, 0.6) is 0 Å². The van der Waals surface area contributed by atoms with Gasteiger partial charge in [-0.2, -0.15) is 0 Å². The van der Waals surface area contributed by atoms with Crippen LogP contribution in [-0.4, -0.2) is 6.10 Å². The molecule has 0 heterocycles. The van der Waals surface area contributed by atoms with E-state index in [0.717, 1.165) is 12.5 Å². The Bertz CT molecular complexity index is 603. The van der Waals surface area contributed by atoms with E-state index in [1.54, 1.807) is 0 Å². The molecule has 2 aromatic rings. The van der Waals surface area contributed by atoms with Gasteiger partial charge in [0.25, 0.3) is 0 Å². The second-order valence-electron chi connectivity index (χ2n) is 7.54. The summed E-state index contributed by atoms with van der Waals surface area (Å²) in [6, 6.07) is 17.9. The quantitative estimate of drug-likeness (QED) is 0.573. The molecule has 1 aliphatic rings.